The van der Waals surface area contributed by atoms with Gasteiger partial charge in [0.25, 0.3) is 0 Å². The van der Waals surface area contributed by atoms with Crippen molar-refractivity contribution in [2.45, 2.75) is 25.8 Å². The molecule has 2 aromatic heterocycles. The van der Waals surface area contributed by atoms with Gasteiger partial charge in [-0.1, -0.05) is 36.4 Å². The Morgan fingerprint density at radius 2 is 1.82 bits per heavy atom. The van der Waals surface area contributed by atoms with Crippen molar-refractivity contribution < 1.29 is 4.79 Å². The zero-order chi connectivity index (χ0) is 19.0. The van der Waals surface area contributed by atoms with Gasteiger partial charge >= 0.3 is 0 Å². The molecule has 5 nitrogen and oxygen atoms in total. The second kappa shape index (κ2) is 7.06. The Hall–Kier alpha value is -2.66. The zero-order valence-corrected chi connectivity index (χ0v) is 16.1. The van der Waals surface area contributed by atoms with E-state index in [4.69, 9.17) is 0 Å². The first-order valence-electron chi connectivity index (χ1n) is 10.2. The highest BCUT2D eigenvalue weighted by Crippen LogP contribution is 2.41. The second-order valence-corrected chi connectivity index (χ2v) is 8.20. The van der Waals surface area contributed by atoms with Crippen molar-refractivity contribution in [2.24, 2.45) is 5.41 Å². The number of benzene rings is 1. The molecule has 0 saturated carbocycles. The molecule has 1 spiro atoms. The third-order valence-corrected chi connectivity index (χ3v) is 6.43. The topological polar surface area (TPSA) is 40.9 Å². The van der Waals surface area contributed by atoms with Crippen LogP contribution in [0.4, 0.5) is 0 Å². The number of aromatic nitrogens is 2. The van der Waals surface area contributed by atoms with E-state index < -0.39 is 0 Å². The molecule has 28 heavy (non-hydrogen) atoms. The fourth-order valence-corrected chi connectivity index (χ4v) is 4.84. The lowest BCUT2D eigenvalue weighted by atomic mass is 9.85. The number of likely N-dealkylation sites (tertiary alicyclic amines) is 2. The smallest absolute Gasteiger partial charge is 0.230 e. The molecule has 2 saturated heterocycles. The van der Waals surface area contributed by atoms with Crippen molar-refractivity contribution in [2.75, 3.05) is 26.2 Å². The van der Waals surface area contributed by atoms with Gasteiger partial charge in [-0.15, -0.1) is 0 Å². The predicted octanol–water partition coefficient (Wildman–Crippen LogP) is 3.00. The summed E-state index contributed by atoms with van der Waals surface area (Å²) in [7, 11) is 0. The van der Waals surface area contributed by atoms with Crippen LogP contribution in [0, 0.1) is 5.41 Å². The molecule has 3 aromatic rings. The van der Waals surface area contributed by atoms with Crippen molar-refractivity contribution in [3.63, 3.8) is 0 Å². The highest BCUT2D eigenvalue weighted by Gasteiger charge is 2.50. The maximum Gasteiger partial charge on any atom is 0.230 e. The van der Waals surface area contributed by atoms with Crippen LogP contribution in [0.5, 0.6) is 0 Å². The van der Waals surface area contributed by atoms with Crippen molar-refractivity contribution in [3.05, 3.63) is 72.1 Å². The zero-order valence-electron chi connectivity index (χ0n) is 16.1. The van der Waals surface area contributed by atoms with Crippen LogP contribution in [0.2, 0.25) is 0 Å². The van der Waals surface area contributed by atoms with Gasteiger partial charge in [0.15, 0.2) is 0 Å². The lowest BCUT2D eigenvalue weighted by molar-refractivity contribution is -0.135. The minimum atomic E-state index is -0.172. The van der Waals surface area contributed by atoms with E-state index in [-0.39, 0.29) is 5.41 Å². The normalized spacial score (nSPS) is 22.7. The second-order valence-electron chi connectivity index (χ2n) is 8.20. The average molecular weight is 374 g/mol. The summed E-state index contributed by atoms with van der Waals surface area (Å²) in [5.41, 5.74) is 3.44. The van der Waals surface area contributed by atoms with E-state index in [0.29, 0.717) is 5.91 Å². The summed E-state index contributed by atoms with van der Waals surface area (Å²) in [6.45, 7) is 4.42. The number of rotatable bonds is 5. The van der Waals surface area contributed by atoms with Crippen molar-refractivity contribution in [1.82, 2.24) is 19.4 Å². The van der Waals surface area contributed by atoms with Gasteiger partial charge in [0.1, 0.15) is 0 Å². The number of carbonyl (C=O) groups excluding carboxylic acids is 1. The monoisotopic (exact) mass is 374 g/mol. The first kappa shape index (κ1) is 17.4. The van der Waals surface area contributed by atoms with Gasteiger partial charge in [-0.2, -0.15) is 5.10 Å². The Bertz CT molecular complexity index is 982. The first-order chi connectivity index (χ1) is 13.7. The van der Waals surface area contributed by atoms with Gasteiger partial charge in [0.2, 0.25) is 5.91 Å². The molecule has 5 heteroatoms. The predicted molar refractivity (Wildman–Crippen MR) is 109 cm³/mol. The van der Waals surface area contributed by atoms with Crippen LogP contribution in [0.15, 0.2) is 60.8 Å². The van der Waals surface area contributed by atoms with Crippen LogP contribution >= 0.6 is 0 Å². The molecule has 0 aliphatic carbocycles. The molecule has 5 rings (SSSR count). The maximum atomic E-state index is 13.2. The van der Waals surface area contributed by atoms with Crippen LogP contribution in [-0.2, 0) is 17.8 Å². The molecular formula is C23H26N4O. The molecule has 1 amide bonds. The SMILES string of the molecule is O=C1N(CCc2ccccc2)CCC12CCN(Cc1cccc3ccnn13)C2. The van der Waals surface area contributed by atoms with Crippen molar-refractivity contribution in [3.8, 4) is 0 Å². The Morgan fingerprint density at radius 3 is 2.71 bits per heavy atom. The molecule has 2 aliphatic heterocycles. The molecule has 2 aliphatic rings. The number of hydrogen-bond acceptors (Lipinski definition) is 3. The van der Waals surface area contributed by atoms with Gasteiger partial charge in [-0.25, -0.2) is 4.52 Å². The Balaban J connectivity index is 1.23. The summed E-state index contributed by atoms with van der Waals surface area (Å²) < 4.78 is 2.01. The van der Waals surface area contributed by atoms with Crippen molar-refractivity contribution in [1.29, 1.82) is 0 Å². The van der Waals surface area contributed by atoms with Gasteiger partial charge in [0.05, 0.1) is 16.6 Å². The fraction of sp³-hybridized carbons (Fsp3) is 0.391. The number of nitrogens with zero attached hydrogens (tertiary/aromatic N) is 4. The summed E-state index contributed by atoms with van der Waals surface area (Å²) in [5, 5.41) is 4.44. The quantitative estimate of drug-likeness (QED) is 0.689. The lowest BCUT2D eigenvalue weighted by Gasteiger charge is -2.24. The van der Waals surface area contributed by atoms with E-state index in [2.05, 4.69) is 57.4 Å². The Morgan fingerprint density at radius 1 is 0.964 bits per heavy atom. The molecule has 0 radical (unpaired) electrons. The molecule has 1 aromatic carbocycles. The molecule has 1 atom stereocenters. The third-order valence-electron chi connectivity index (χ3n) is 6.43. The third kappa shape index (κ3) is 3.10. The summed E-state index contributed by atoms with van der Waals surface area (Å²) >= 11 is 0. The van der Waals surface area contributed by atoms with E-state index in [9.17, 15) is 4.79 Å². The Labute approximate surface area is 165 Å². The Kier molecular flexibility index (Phi) is 4.40. The largest absolute Gasteiger partial charge is 0.342 e. The molecule has 1 unspecified atom stereocenters. The van der Waals surface area contributed by atoms with Crippen LogP contribution in [0.25, 0.3) is 5.52 Å². The number of carbonyl (C=O) groups is 1. The van der Waals surface area contributed by atoms with Crippen LogP contribution < -0.4 is 0 Å². The number of fused-ring (bicyclic) bond motifs is 1. The highest BCUT2D eigenvalue weighted by atomic mass is 16.2. The van der Waals surface area contributed by atoms with Crippen LogP contribution in [-0.4, -0.2) is 51.5 Å². The average Bonchev–Trinajstić information content (AvgIpc) is 3.43. The van der Waals surface area contributed by atoms with Crippen LogP contribution in [0.3, 0.4) is 0 Å². The van der Waals surface area contributed by atoms with Gasteiger partial charge in [-0.3, -0.25) is 9.69 Å². The summed E-state index contributed by atoms with van der Waals surface area (Å²) in [6.07, 6.45) is 4.74. The summed E-state index contributed by atoms with van der Waals surface area (Å²) in [4.78, 5) is 17.7. The molecule has 4 heterocycles. The first-order valence-corrected chi connectivity index (χ1v) is 10.2. The van der Waals surface area contributed by atoms with Gasteiger partial charge < -0.3 is 4.90 Å². The minimum absolute atomic E-state index is 0.172. The summed E-state index contributed by atoms with van der Waals surface area (Å²) in [5.74, 6) is 0.364. The van der Waals surface area contributed by atoms with E-state index in [0.717, 1.165) is 57.5 Å². The van der Waals surface area contributed by atoms with E-state index in [1.165, 1.54) is 11.3 Å². The standard InChI is InChI=1S/C23H26N4O/c28-22-23(12-16-26(22)14-10-19-5-2-1-3-6-19)11-15-25(18-23)17-21-8-4-7-20-9-13-24-27(20)21/h1-9,13H,10-12,14-18H2. The van der Waals surface area contributed by atoms with E-state index in [1.807, 2.05) is 22.8 Å². The minimum Gasteiger partial charge on any atom is -0.342 e. The maximum absolute atomic E-state index is 13.2. The molecule has 144 valence electrons. The number of pyridine rings is 1. The molecule has 0 N–H and O–H groups in total. The van der Waals surface area contributed by atoms with Gasteiger partial charge in [0, 0.05) is 32.4 Å². The van der Waals surface area contributed by atoms with E-state index in [1.54, 1.807) is 0 Å². The van der Waals surface area contributed by atoms with Gasteiger partial charge in [-0.05, 0) is 49.6 Å². The van der Waals surface area contributed by atoms with Crippen LogP contribution in [0.1, 0.15) is 24.1 Å². The number of hydrogen-bond donors (Lipinski definition) is 0. The lowest BCUT2D eigenvalue weighted by Crippen LogP contribution is -2.37. The highest BCUT2D eigenvalue weighted by molar-refractivity contribution is 5.85. The fourth-order valence-electron chi connectivity index (χ4n) is 4.84. The summed E-state index contributed by atoms with van der Waals surface area (Å²) in [6, 6.07) is 18.8. The molecular weight excluding hydrogens is 348 g/mol. The number of amides is 1. The van der Waals surface area contributed by atoms with E-state index >= 15 is 0 Å². The molecule has 0 bridgehead atoms. The molecule has 2 fully saturated rings. The van der Waals surface area contributed by atoms with Crippen molar-refractivity contribution >= 4 is 11.4 Å².